The van der Waals surface area contributed by atoms with Gasteiger partial charge < -0.3 is 20.1 Å². The van der Waals surface area contributed by atoms with Crippen LogP contribution in [0.1, 0.15) is 85.0 Å². The van der Waals surface area contributed by atoms with Gasteiger partial charge in [0.25, 0.3) is 0 Å². The van der Waals surface area contributed by atoms with Gasteiger partial charge in [0.05, 0.1) is 5.60 Å². The Hall–Kier alpha value is -1.43. The number of hydrogen-bond acceptors (Lipinski definition) is 4. The molecule has 0 heterocycles. The summed E-state index contributed by atoms with van der Waals surface area (Å²) in [6, 6.07) is 0. The molecule has 25 heavy (non-hydrogen) atoms. The average Bonchev–Trinajstić information content (AvgIpc) is 2.47. The van der Waals surface area contributed by atoms with E-state index in [-0.39, 0.29) is 12.7 Å². The lowest BCUT2D eigenvalue weighted by atomic mass is 9.84. The maximum Gasteiger partial charge on any atom is 0.328 e. The van der Waals surface area contributed by atoms with E-state index in [0.29, 0.717) is 12.3 Å². The summed E-state index contributed by atoms with van der Waals surface area (Å²) < 4.78 is 0. The molecule has 0 aromatic rings. The van der Waals surface area contributed by atoms with Crippen LogP contribution in [0.3, 0.4) is 0 Å². The Bertz CT molecular complexity index is 410. The molecule has 1 atom stereocenters. The molecule has 0 aromatic heterocycles. The second kappa shape index (κ2) is 11.2. The number of aliphatic carboxylic acids is 2. The van der Waals surface area contributed by atoms with Crippen LogP contribution >= 0.6 is 0 Å². The van der Waals surface area contributed by atoms with Gasteiger partial charge >= 0.3 is 11.9 Å². The molecule has 0 aliphatic heterocycles. The minimum Gasteiger partial charge on any atom is -0.480 e. The molecule has 6 nitrogen and oxygen atoms in total. The zero-order valence-electron chi connectivity index (χ0n) is 15.8. The van der Waals surface area contributed by atoms with Crippen molar-refractivity contribution in [2.24, 2.45) is 11.3 Å². The van der Waals surface area contributed by atoms with E-state index in [1.807, 2.05) is 13.8 Å². The van der Waals surface area contributed by atoms with Gasteiger partial charge in [-0.15, -0.1) is 0 Å². The lowest BCUT2D eigenvalue weighted by molar-refractivity contribution is -0.165. The Morgan fingerprint density at radius 3 is 1.76 bits per heavy atom. The molecule has 1 unspecified atom stereocenters. The first kappa shape index (κ1) is 23.6. The van der Waals surface area contributed by atoms with Crippen LogP contribution in [0.25, 0.3) is 0 Å². The lowest BCUT2D eigenvalue weighted by Crippen LogP contribution is -2.40. The number of unbranched alkanes of at least 4 members (excludes halogenated alkanes) is 6. The molecule has 0 saturated heterocycles. The Morgan fingerprint density at radius 2 is 1.36 bits per heavy atom. The van der Waals surface area contributed by atoms with Crippen molar-refractivity contribution in [2.45, 2.75) is 90.6 Å². The second-order valence-electron chi connectivity index (χ2n) is 7.83. The summed E-state index contributed by atoms with van der Waals surface area (Å²) in [4.78, 5) is 33.0. The number of carbonyl (C=O) groups excluding carboxylic acids is 1. The summed E-state index contributed by atoms with van der Waals surface area (Å²) in [5.74, 6) is -2.67. The first-order chi connectivity index (χ1) is 11.5. The van der Waals surface area contributed by atoms with Crippen LogP contribution in [0.15, 0.2) is 0 Å². The molecule has 146 valence electrons. The zero-order valence-corrected chi connectivity index (χ0v) is 15.8. The van der Waals surface area contributed by atoms with Crippen LogP contribution < -0.4 is 0 Å². The Kier molecular flexibility index (Phi) is 10.6. The number of carboxylic acid groups (broad SMARTS) is 2. The van der Waals surface area contributed by atoms with Gasteiger partial charge in [0.1, 0.15) is 6.29 Å². The van der Waals surface area contributed by atoms with Crippen LogP contribution in [0.2, 0.25) is 0 Å². The SMILES string of the molecule is CC(CCCCCCCCCC(C=O)(C(=O)O)C(=O)O)CC(C)(C)O. The molecular formula is C19H34O6. The maximum absolute atomic E-state index is 11.0. The molecule has 6 heteroatoms. The molecule has 0 aliphatic rings. The average molecular weight is 358 g/mol. The van der Waals surface area contributed by atoms with Crippen LogP contribution in [-0.4, -0.2) is 39.1 Å². The number of rotatable bonds is 15. The molecule has 0 bridgehead atoms. The topological polar surface area (TPSA) is 112 Å². The van der Waals surface area contributed by atoms with Gasteiger partial charge in [0, 0.05) is 0 Å². The fraction of sp³-hybridized carbons (Fsp3) is 0.842. The van der Waals surface area contributed by atoms with Gasteiger partial charge in [-0.25, -0.2) is 0 Å². The number of carbonyl (C=O) groups is 3. The first-order valence-electron chi connectivity index (χ1n) is 9.20. The molecule has 0 fully saturated rings. The molecule has 3 N–H and O–H groups in total. The fourth-order valence-electron chi connectivity index (χ4n) is 3.20. The maximum atomic E-state index is 11.0. The Balaban J connectivity index is 3.79. The van der Waals surface area contributed by atoms with E-state index >= 15 is 0 Å². The molecule has 0 aliphatic carbocycles. The van der Waals surface area contributed by atoms with Crippen molar-refractivity contribution >= 4 is 18.2 Å². The van der Waals surface area contributed by atoms with Crippen molar-refractivity contribution in [3.63, 3.8) is 0 Å². The minimum absolute atomic E-state index is 0.0342. The molecule has 0 aromatic carbocycles. The quantitative estimate of drug-likeness (QED) is 0.234. The summed E-state index contributed by atoms with van der Waals surface area (Å²) in [5.41, 5.74) is -2.90. The standard InChI is InChI=1S/C19H34O6/c1-15(13-18(2,3)25)11-9-7-5-4-6-8-10-12-19(14-20,16(21)22)17(23)24/h14-15,25H,4-13H2,1-3H3,(H,21,22)(H,23,24). The molecule has 0 spiro atoms. The largest absolute Gasteiger partial charge is 0.480 e. The number of carboxylic acids is 2. The minimum atomic E-state index is -2.30. The highest BCUT2D eigenvalue weighted by Crippen LogP contribution is 2.25. The van der Waals surface area contributed by atoms with Crippen molar-refractivity contribution in [3.05, 3.63) is 0 Å². The highest BCUT2D eigenvalue weighted by Gasteiger charge is 2.46. The first-order valence-corrected chi connectivity index (χ1v) is 9.20. The van der Waals surface area contributed by atoms with Crippen molar-refractivity contribution in [2.75, 3.05) is 0 Å². The summed E-state index contributed by atoms with van der Waals surface area (Å²) in [6.07, 6.45) is 8.20. The van der Waals surface area contributed by atoms with E-state index in [2.05, 4.69) is 6.92 Å². The van der Waals surface area contributed by atoms with Crippen LogP contribution in [-0.2, 0) is 14.4 Å². The summed E-state index contributed by atoms with van der Waals surface area (Å²) in [7, 11) is 0. The second-order valence-corrected chi connectivity index (χ2v) is 7.83. The van der Waals surface area contributed by atoms with Crippen LogP contribution in [0.5, 0.6) is 0 Å². The highest BCUT2D eigenvalue weighted by atomic mass is 16.4. The number of aliphatic hydroxyl groups is 1. The molecule has 0 rings (SSSR count). The number of aldehydes is 1. The third-order valence-electron chi connectivity index (χ3n) is 4.58. The van der Waals surface area contributed by atoms with E-state index in [0.717, 1.165) is 51.4 Å². The summed E-state index contributed by atoms with van der Waals surface area (Å²) >= 11 is 0. The number of hydrogen-bond donors (Lipinski definition) is 3. The molecule has 0 radical (unpaired) electrons. The van der Waals surface area contributed by atoms with Crippen LogP contribution in [0, 0.1) is 11.3 Å². The highest BCUT2D eigenvalue weighted by molar-refractivity contribution is 6.12. The fourth-order valence-corrected chi connectivity index (χ4v) is 3.20. The van der Waals surface area contributed by atoms with Gasteiger partial charge in [0.15, 0.2) is 0 Å². The van der Waals surface area contributed by atoms with Crippen LogP contribution in [0.4, 0.5) is 0 Å². The molecule has 0 amide bonds. The van der Waals surface area contributed by atoms with Gasteiger partial charge in [0.2, 0.25) is 5.41 Å². The van der Waals surface area contributed by atoms with Gasteiger partial charge in [-0.05, 0) is 32.6 Å². The van der Waals surface area contributed by atoms with Crippen molar-refractivity contribution in [1.82, 2.24) is 0 Å². The van der Waals surface area contributed by atoms with Crippen molar-refractivity contribution in [1.29, 1.82) is 0 Å². The third-order valence-corrected chi connectivity index (χ3v) is 4.58. The van der Waals surface area contributed by atoms with E-state index in [4.69, 9.17) is 10.2 Å². The van der Waals surface area contributed by atoms with Crippen molar-refractivity contribution < 1.29 is 29.7 Å². The van der Waals surface area contributed by atoms with Crippen molar-refractivity contribution in [3.8, 4) is 0 Å². The Labute approximate surface area is 150 Å². The van der Waals surface area contributed by atoms with Gasteiger partial charge in [-0.2, -0.15) is 0 Å². The smallest absolute Gasteiger partial charge is 0.328 e. The van der Waals surface area contributed by atoms with Gasteiger partial charge in [-0.3, -0.25) is 9.59 Å². The Morgan fingerprint density at radius 1 is 0.920 bits per heavy atom. The summed E-state index contributed by atoms with van der Waals surface area (Å²) in [5, 5.41) is 27.7. The van der Waals surface area contributed by atoms with E-state index in [9.17, 15) is 19.5 Å². The predicted molar refractivity (Wildman–Crippen MR) is 95.4 cm³/mol. The molecular weight excluding hydrogens is 324 g/mol. The predicted octanol–water partition coefficient (Wildman–Crippen LogP) is 3.65. The molecule has 0 saturated carbocycles. The van der Waals surface area contributed by atoms with E-state index < -0.39 is 23.0 Å². The third kappa shape index (κ3) is 9.58. The van der Waals surface area contributed by atoms with E-state index in [1.165, 1.54) is 0 Å². The lowest BCUT2D eigenvalue weighted by Gasteiger charge is -2.21. The summed E-state index contributed by atoms with van der Waals surface area (Å²) in [6.45, 7) is 5.82. The zero-order chi connectivity index (χ0) is 19.5. The van der Waals surface area contributed by atoms with Gasteiger partial charge in [-0.1, -0.05) is 58.3 Å². The monoisotopic (exact) mass is 358 g/mol. The normalized spacial score (nSPS) is 13.4. The van der Waals surface area contributed by atoms with E-state index in [1.54, 1.807) is 0 Å².